The minimum absolute atomic E-state index is 0.0216. The Hall–Kier alpha value is -0.580. The third-order valence-electron chi connectivity index (χ3n) is 2.78. The first kappa shape index (κ1) is 14.5. The molecule has 0 saturated carbocycles. The molecule has 98 valence electrons. The highest BCUT2D eigenvalue weighted by molar-refractivity contribution is 6.31. The van der Waals surface area contributed by atoms with E-state index in [0.29, 0.717) is 11.6 Å². The average Bonchev–Trinajstić information content (AvgIpc) is 2.67. The standard InChI is InChI=1S/C12H22ClN3O/c1-5-10(17-6-2)11(14)12-9(13)7-15-16(12)8(3)4/h7-8,10-11H,5-6,14H2,1-4H3. The molecule has 0 radical (unpaired) electrons. The average molecular weight is 260 g/mol. The molecule has 1 rings (SSSR count). The van der Waals surface area contributed by atoms with Crippen molar-refractivity contribution in [2.24, 2.45) is 5.73 Å². The number of rotatable bonds is 6. The summed E-state index contributed by atoms with van der Waals surface area (Å²) in [5, 5.41) is 4.88. The first-order valence-corrected chi connectivity index (χ1v) is 6.50. The summed E-state index contributed by atoms with van der Waals surface area (Å²) in [6.45, 7) is 8.79. The van der Waals surface area contributed by atoms with Gasteiger partial charge in [-0.05, 0) is 27.2 Å². The number of aromatic nitrogens is 2. The number of hydrogen-bond acceptors (Lipinski definition) is 3. The topological polar surface area (TPSA) is 53.1 Å². The monoisotopic (exact) mass is 259 g/mol. The maximum atomic E-state index is 6.25. The number of ether oxygens (including phenoxy) is 1. The fourth-order valence-corrected chi connectivity index (χ4v) is 2.20. The van der Waals surface area contributed by atoms with E-state index in [-0.39, 0.29) is 18.2 Å². The second-order valence-corrected chi connectivity index (χ2v) is 4.75. The normalized spacial score (nSPS) is 15.2. The summed E-state index contributed by atoms with van der Waals surface area (Å²) in [7, 11) is 0. The number of halogens is 1. The Kier molecular flexibility index (Phi) is 5.43. The van der Waals surface area contributed by atoms with Gasteiger partial charge in [0, 0.05) is 12.6 Å². The quantitative estimate of drug-likeness (QED) is 0.855. The highest BCUT2D eigenvalue weighted by atomic mass is 35.5. The van der Waals surface area contributed by atoms with Crippen LogP contribution in [0.25, 0.3) is 0 Å². The predicted molar refractivity (Wildman–Crippen MR) is 70.3 cm³/mol. The Morgan fingerprint density at radius 3 is 2.59 bits per heavy atom. The Bertz CT molecular complexity index is 352. The summed E-state index contributed by atoms with van der Waals surface area (Å²) in [4.78, 5) is 0. The molecule has 0 amide bonds. The smallest absolute Gasteiger partial charge is 0.0835 e. The summed E-state index contributed by atoms with van der Waals surface area (Å²) in [5.41, 5.74) is 7.11. The van der Waals surface area contributed by atoms with E-state index in [1.54, 1.807) is 6.20 Å². The van der Waals surface area contributed by atoms with Crippen LogP contribution in [-0.2, 0) is 4.74 Å². The van der Waals surface area contributed by atoms with Gasteiger partial charge in [-0.2, -0.15) is 5.10 Å². The van der Waals surface area contributed by atoms with Crippen molar-refractivity contribution in [2.45, 2.75) is 52.3 Å². The first-order chi connectivity index (χ1) is 8.02. The number of nitrogens with two attached hydrogens (primary N) is 1. The lowest BCUT2D eigenvalue weighted by Gasteiger charge is -2.24. The Morgan fingerprint density at radius 2 is 2.12 bits per heavy atom. The molecule has 0 bridgehead atoms. The zero-order valence-electron chi connectivity index (χ0n) is 11.0. The highest BCUT2D eigenvalue weighted by Gasteiger charge is 2.25. The molecule has 2 unspecified atom stereocenters. The fraction of sp³-hybridized carbons (Fsp3) is 0.750. The van der Waals surface area contributed by atoms with E-state index < -0.39 is 0 Å². The van der Waals surface area contributed by atoms with Crippen LogP contribution in [-0.4, -0.2) is 22.5 Å². The fourth-order valence-electron chi connectivity index (χ4n) is 1.94. The highest BCUT2D eigenvalue weighted by Crippen LogP contribution is 2.28. The summed E-state index contributed by atoms with van der Waals surface area (Å²) >= 11 is 6.17. The van der Waals surface area contributed by atoms with Gasteiger partial charge in [0.1, 0.15) is 0 Å². The van der Waals surface area contributed by atoms with Crippen molar-refractivity contribution in [2.75, 3.05) is 6.61 Å². The van der Waals surface area contributed by atoms with E-state index in [2.05, 4.69) is 25.9 Å². The molecule has 1 aromatic heterocycles. The largest absolute Gasteiger partial charge is 0.376 e. The molecule has 0 saturated heterocycles. The van der Waals surface area contributed by atoms with Crippen LogP contribution in [0.1, 0.15) is 51.9 Å². The van der Waals surface area contributed by atoms with Gasteiger partial charge < -0.3 is 10.5 Å². The van der Waals surface area contributed by atoms with Gasteiger partial charge >= 0.3 is 0 Å². The first-order valence-electron chi connectivity index (χ1n) is 6.12. The third kappa shape index (κ3) is 3.21. The van der Waals surface area contributed by atoms with Crippen LogP contribution in [0.4, 0.5) is 0 Å². The molecule has 0 fully saturated rings. The zero-order chi connectivity index (χ0) is 13.0. The van der Waals surface area contributed by atoms with E-state index in [1.807, 2.05) is 11.6 Å². The van der Waals surface area contributed by atoms with Gasteiger partial charge in [0.15, 0.2) is 0 Å². The van der Waals surface area contributed by atoms with Crippen molar-refractivity contribution >= 4 is 11.6 Å². The third-order valence-corrected chi connectivity index (χ3v) is 3.07. The lowest BCUT2D eigenvalue weighted by atomic mass is 10.1. The minimum atomic E-state index is -0.239. The predicted octanol–water partition coefficient (Wildman–Crippen LogP) is 2.93. The summed E-state index contributed by atoms with van der Waals surface area (Å²) in [5.74, 6) is 0. The molecule has 5 heteroatoms. The maximum Gasteiger partial charge on any atom is 0.0835 e. The van der Waals surface area contributed by atoms with Crippen LogP contribution in [0.2, 0.25) is 5.02 Å². The van der Waals surface area contributed by atoms with Gasteiger partial charge in [0.05, 0.1) is 29.1 Å². The lowest BCUT2D eigenvalue weighted by Crippen LogP contribution is -2.31. The molecule has 0 aliphatic carbocycles. The Labute approximate surface area is 108 Å². The summed E-state index contributed by atoms with van der Waals surface area (Å²) in [6, 6.07) is 0.0000302. The summed E-state index contributed by atoms with van der Waals surface area (Å²) < 4.78 is 7.51. The van der Waals surface area contributed by atoms with Crippen LogP contribution < -0.4 is 5.73 Å². The lowest BCUT2D eigenvalue weighted by molar-refractivity contribution is 0.0391. The van der Waals surface area contributed by atoms with E-state index in [1.165, 1.54) is 0 Å². The van der Waals surface area contributed by atoms with Crippen LogP contribution in [0.3, 0.4) is 0 Å². The molecule has 2 N–H and O–H groups in total. The molecule has 0 aliphatic heterocycles. The maximum absolute atomic E-state index is 6.25. The van der Waals surface area contributed by atoms with Crippen molar-refractivity contribution in [1.82, 2.24) is 9.78 Å². The molecule has 0 aliphatic rings. The van der Waals surface area contributed by atoms with Gasteiger partial charge in [0.2, 0.25) is 0 Å². The molecule has 1 heterocycles. The van der Waals surface area contributed by atoms with Crippen molar-refractivity contribution in [1.29, 1.82) is 0 Å². The molecular weight excluding hydrogens is 238 g/mol. The zero-order valence-corrected chi connectivity index (χ0v) is 11.7. The van der Waals surface area contributed by atoms with Crippen molar-refractivity contribution < 1.29 is 4.74 Å². The SMILES string of the molecule is CCOC(CC)C(N)c1c(Cl)cnn1C(C)C. The van der Waals surface area contributed by atoms with Gasteiger partial charge in [-0.3, -0.25) is 4.68 Å². The molecule has 4 nitrogen and oxygen atoms in total. The summed E-state index contributed by atoms with van der Waals surface area (Å²) in [6.07, 6.45) is 2.48. The van der Waals surface area contributed by atoms with Crippen molar-refractivity contribution in [3.8, 4) is 0 Å². The Balaban J connectivity index is 3.00. The van der Waals surface area contributed by atoms with Crippen molar-refractivity contribution in [3.63, 3.8) is 0 Å². The van der Waals surface area contributed by atoms with E-state index in [9.17, 15) is 0 Å². The second kappa shape index (κ2) is 6.38. The van der Waals surface area contributed by atoms with Gasteiger partial charge in [-0.25, -0.2) is 0 Å². The molecule has 1 aromatic rings. The van der Waals surface area contributed by atoms with Crippen LogP contribution in [0, 0.1) is 0 Å². The molecular formula is C12H22ClN3O. The van der Waals surface area contributed by atoms with Gasteiger partial charge in [0.25, 0.3) is 0 Å². The van der Waals surface area contributed by atoms with Crippen LogP contribution in [0.15, 0.2) is 6.20 Å². The van der Waals surface area contributed by atoms with Crippen LogP contribution in [0.5, 0.6) is 0 Å². The van der Waals surface area contributed by atoms with E-state index in [4.69, 9.17) is 22.1 Å². The molecule has 0 spiro atoms. The molecule has 17 heavy (non-hydrogen) atoms. The Morgan fingerprint density at radius 1 is 1.47 bits per heavy atom. The van der Waals surface area contributed by atoms with E-state index in [0.717, 1.165) is 12.1 Å². The second-order valence-electron chi connectivity index (χ2n) is 4.34. The van der Waals surface area contributed by atoms with Crippen LogP contribution >= 0.6 is 11.6 Å². The van der Waals surface area contributed by atoms with Crippen molar-refractivity contribution in [3.05, 3.63) is 16.9 Å². The van der Waals surface area contributed by atoms with Gasteiger partial charge in [-0.15, -0.1) is 0 Å². The number of hydrogen-bond donors (Lipinski definition) is 1. The molecule has 0 aromatic carbocycles. The number of nitrogens with zero attached hydrogens (tertiary/aromatic N) is 2. The van der Waals surface area contributed by atoms with Gasteiger partial charge in [-0.1, -0.05) is 18.5 Å². The minimum Gasteiger partial charge on any atom is -0.376 e. The molecule has 2 atom stereocenters. The van der Waals surface area contributed by atoms with E-state index >= 15 is 0 Å².